The molecule has 3 aromatic carbocycles. The molecule has 1 aliphatic heterocycles. The van der Waals surface area contributed by atoms with Crippen LogP contribution in [0.4, 0.5) is 5.69 Å². The van der Waals surface area contributed by atoms with Gasteiger partial charge in [-0.3, -0.25) is 14.5 Å². The van der Waals surface area contributed by atoms with E-state index in [1.807, 2.05) is 81.4 Å². The average Bonchev–Trinajstić information content (AvgIpc) is 3.00. The summed E-state index contributed by atoms with van der Waals surface area (Å²) in [4.78, 5) is 27.7. The van der Waals surface area contributed by atoms with Crippen LogP contribution in [0.25, 0.3) is 5.76 Å². The highest BCUT2D eigenvalue weighted by atomic mass is 16.3. The van der Waals surface area contributed by atoms with Gasteiger partial charge in [0.2, 0.25) is 0 Å². The number of Topliss-reactive ketones (excluding diaryl/α,β-unsaturated/α-hetero) is 1. The summed E-state index contributed by atoms with van der Waals surface area (Å²) in [6, 6.07) is 21.7. The maximum Gasteiger partial charge on any atom is 0.300 e. The van der Waals surface area contributed by atoms with Crippen LogP contribution in [0.3, 0.4) is 0 Å². The van der Waals surface area contributed by atoms with Gasteiger partial charge in [-0.1, -0.05) is 71.8 Å². The Hall–Kier alpha value is -3.66. The molecule has 0 saturated carbocycles. The van der Waals surface area contributed by atoms with E-state index in [-0.39, 0.29) is 11.3 Å². The van der Waals surface area contributed by atoms with Crippen molar-refractivity contribution in [3.05, 3.63) is 106 Å². The van der Waals surface area contributed by atoms with E-state index in [4.69, 9.17) is 0 Å². The highest BCUT2D eigenvalue weighted by Gasteiger charge is 2.47. The number of aryl methyl sites for hydroxylation is 3. The molecule has 0 spiro atoms. The number of aliphatic hydroxyl groups excluding tert-OH is 1. The fraction of sp³-hybridized carbons (Fsp3) is 0.154. The minimum absolute atomic E-state index is 0.110. The van der Waals surface area contributed by atoms with Crippen LogP contribution < -0.4 is 4.90 Å². The maximum absolute atomic E-state index is 13.1. The zero-order chi connectivity index (χ0) is 21.4. The van der Waals surface area contributed by atoms with E-state index < -0.39 is 17.7 Å². The lowest BCUT2D eigenvalue weighted by atomic mass is 9.92. The normalized spacial score (nSPS) is 18.1. The van der Waals surface area contributed by atoms with E-state index in [0.29, 0.717) is 11.3 Å². The van der Waals surface area contributed by atoms with Gasteiger partial charge in [0.25, 0.3) is 11.7 Å². The Kier molecular flexibility index (Phi) is 5.00. The Morgan fingerprint density at radius 1 is 0.800 bits per heavy atom. The third kappa shape index (κ3) is 3.30. The molecule has 30 heavy (non-hydrogen) atoms. The van der Waals surface area contributed by atoms with Crippen LogP contribution in [0.2, 0.25) is 0 Å². The van der Waals surface area contributed by atoms with Crippen molar-refractivity contribution < 1.29 is 14.7 Å². The van der Waals surface area contributed by atoms with Gasteiger partial charge in [0.15, 0.2) is 0 Å². The van der Waals surface area contributed by atoms with Crippen molar-refractivity contribution in [3.8, 4) is 0 Å². The minimum atomic E-state index is -0.699. The van der Waals surface area contributed by atoms with Crippen molar-refractivity contribution in [2.75, 3.05) is 4.90 Å². The van der Waals surface area contributed by atoms with Crippen molar-refractivity contribution in [2.24, 2.45) is 0 Å². The number of carbonyl (C=O) groups is 2. The summed E-state index contributed by atoms with van der Waals surface area (Å²) in [5, 5.41) is 11.1. The number of hydrogen-bond acceptors (Lipinski definition) is 3. The second kappa shape index (κ2) is 7.64. The van der Waals surface area contributed by atoms with Gasteiger partial charge in [0.05, 0.1) is 11.6 Å². The lowest BCUT2D eigenvalue weighted by Gasteiger charge is -2.26. The van der Waals surface area contributed by atoms with Gasteiger partial charge in [0, 0.05) is 11.3 Å². The molecule has 1 fully saturated rings. The fourth-order valence-electron chi connectivity index (χ4n) is 3.86. The van der Waals surface area contributed by atoms with Gasteiger partial charge in [-0.15, -0.1) is 0 Å². The molecule has 4 rings (SSSR count). The molecular weight excluding hydrogens is 374 g/mol. The second-order valence-electron chi connectivity index (χ2n) is 7.73. The first kappa shape index (κ1) is 19.6. The zero-order valence-corrected chi connectivity index (χ0v) is 17.2. The number of ketones is 1. The number of benzene rings is 3. The average molecular weight is 397 g/mol. The number of nitrogens with zero attached hydrogens (tertiary/aromatic N) is 1. The van der Waals surface area contributed by atoms with Crippen molar-refractivity contribution in [1.82, 2.24) is 0 Å². The number of rotatable bonds is 3. The summed E-state index contributed by atoms with van der Waals surface area (Å²) in [6.07, 6.45) is 0. The molecule has 1 unspecified atom stereocenters. The molecular formula is C26H23NO3. The van der Waals surface area contributed by atoms with Crippen LogP contribution in [0.1, 0.15) is 33.9 Å². The Balaban J connectivity index is 1.96. The smallest absolute Gasteiger partial charge is 0.300 e. The molecule has 150 valence electrons. The van der Waals surface area contributed by atoms with Gasteiger partial charge in [-0.25, -0.2) is 0 Å². The predicted molar refractivity (Wildman–Crippen MR) is 118 cm³/mol. The van der Waals surface area contributed by atoms with Crippen molar-refractivity contribution in [3.63, 3.8) is 0 Å². The summed E-state index contributed by atoms with van der Waals surface area (Å²) in [5.74, 6) is -1.47. The Morgan fingerprint density at radius 3 is 1.97 bits per heavy atom. The highest BCUT2D eigenvalue weighted by Crippen LogP contribution is 2.43. The van der Waals surface area contributed by atoms with Gasteiger partial charge >= 0.3 is 0 Å². The lowest BCUT2D eigenvalue weighted by Crippen LogP contribution is -2.29. The van der Waals surface area contributed by atoms with Crippen molar-refractivity contribution in [1.29, 1.82) is 0 Å². The van der Waals surface area contributed by atoms with Gasteiger partial charge in [0.1, 0.15) is 5.76 Å². The largest absolute Gasteiger partial charge is 0.507 e. The topological polar surface area (TPSA) is 57.6 Å². The summed E-state index contributed by atoms with van der Waals surface area (Å²) >= 11 is 0. The maximum atomic E-state index is 13.1. The lowest BCUT2D eigenvalue weighted by molar-refractivity contribution is -0.132. The van der Waals surface area contributed by atoms with Crippen LogP contribution in [0.15, 0.2) is 78.4 Å². The number of carbonyl (C=O) groups excluding carboxylic acids is 2. The van der Waals surface area contributed by atoms with Crippen molar-refractivity contribution in [2.45, 2.75) is 26.8 Å². The number of anilines is 1. The van der Waals surface area contributed by atoms with E-state index in [1.54, 1.807) is 12.1 Å². The van der Waals surface area contributed by atoms with E-state index in [9.17, 15) is 14.7 Å². The molecule has 1 atom stereocenters. The number of hydrogen-bond donors (Lipinski definition) is 1. The second-order valence-corrected chi connectivity index (χ2v) is 7.73. The molecule has 1 amide bonds. The molecule has 1 heterocycles. The summed E-state index contributed by atoms with van der Waals surface area (Å²) in [6.45, 7) is 5.86. The van der Waals surface area contributed by atoms with E-state index in [0.717, 1.165) is 22.3 Å². The highest BCUT2D eigenvalue weighted by molar-refractivity contribution is 6.51. The van der Waals surface area contributed by atoms with E-state index >= 15 is 0 Å². The monoisotopic (exact) mass is 397 g/mol. The van der Waals surface area contributed by atoms with Gasteiger partial charge in [-0.05, 0) is 44.0 Å². The molecule has 0 radical (unpaired) electrons. The molecule has 0 aromatic heterocycles. The van der Waals surface area contributed by atoms with Crippen LogP contribution >= 0.6 is 0 Å². The first-order valence-electron chi connectivity index (χ1n) is 9.88. The molecule has 0 bridgehead atoms. The third-order valence-electron chi connectivity index (χ3n) is 5.56. The Labute approximate surface area is 176 Å². The molecule has 1 saturated heterocycles. The minimum Gasteiger partial charge on any atom is -0.507 e. The summed E-state index contributed by atoms with van der Waals surface area (Å²) in [7, 11) is 0. The fourth-order valence-corrected chi connectivity index (χ4v) is 3.86. The molecule has 1 aliphatic rings. The van der Waals surface area contributed by atoms with E-state index in [1.165, 1.54) is 4.90 Å². The number of aliphatic hydroxyl groups is 1. The predicted octanol–water partition coefficient (Wildman–Crippen LogP) is 5.24. The summed E-state index contributed by atoms with van der Waals surface area (Å²) in [5.41, 5.74) is 5.10. The van der Waals surface area contributed by atoms with Crippen LogP contribution in [-0.2, 0) is 9.59 Å². The quantitative estimate of drug-likeness (QED) is 0.374. The zero-order valence-electron chi connectivity index (χ0n) is 17.2. The SMILES string of the molecule is Cc1ccc(/C(O)=C2/C(=O)C(=O)N(c3ccc(C)cc3)C2c2ccccc2C)cc1. The van der Waals surface area contributed by atoms with Crippen molar-refractivity contribution >= 4 is 23.1 Å². The first-order valence-corrected chi connectivity index (χ1v) is 9.88. The molecule has 4 heteroatoms. The Morgan fingerprint density at radius 2 is 1.37 bits per heavy atom. The molecule has 1 N–H and O–H groups in total. The van der Waals surface area contributed by atoms with E-state index in [2.05, 4.69) is 0 Å². The third-order valence-corrected chi connectivity index (χ3v) is 5.56. The van der Waals surface area contributed by atoms with Crippen LogP contribution in [0.5, 0.6) is 0 Å². The molecule has 3 aromatic rings. The van der Waals surface area contributed by atoms with Gasteiger partial charge < -0.3 is 5.11 Å². The van der Waals surface area contributed by atoms with Gasteiger partial charge in [-0.2, -0.15) is 0 Å². The standard InChI is InChI=1S/C26H23NO3/c1-16-8-12-19(13-9-16)24(28)22-23(21-7-5-4-6-18(21)3)27(26(30)25(22)29)20-14-10-17(2)11-15-20/h4-15,23,28H,1-3H3/b24-22-. The van der Waals surface area contributed by atoms with Crippen LogP contribution in [-0.4, -0.2) is 16.8 Å². The first-order chi connectivity index (χ1) is 14.4. The summed E-state index contributed by atoms with van der Waals surface area (Å²) < 4.78 is 0. The Bertz CT molecular complexity index is 1160. The molecule has 0 aliphatic carbocycles. The molecule has 4 nitrogen and oxygen atoms in total. The number of amides is 1. The van der Waals surface area contributed by atoms with Crippen LogP contribution in [0, 0.1) is 20.8 Å².